The lowest BCUT2D eigenvalue weighted by molar-refractivity contribution is 0.576. The Morgan fingerprint density at radius 2 is 1.82 bits per heavy atom. The van der Waals surface area contributed by atoms with Gasteiger partial charge in [-0.15, -0.1) is 10.2 Å². The van der Waals surface area contributed by atoms with E-state index in [4.69, 9.17) is 0 Å². The van der Waals surface area contributed by atoms with Crippen molar-refractivity contribution in [1.29, 1.82) is 0 Å². The summed E-state index contributed by atoms with van der Waals surface area (Å²) in [6.45, 7) is 0. The predicted molar refractivity (Wildman–Crippen MR) is 81.2 cm³/mol. The molecule has 0 saturated heterocycles. The van der Waals surface area contributed by atoms with Crippen LogP contribution in [0, 0.1) is 11.6 Å². The van der Waals surface area contributed by atoms with Gasteiger partial charge in [0.2, 0.25) is 0 Å². The number of rotatable bonds is 4. The summed E-state index contributed by atoms with van der Waals surface area (Å²) >= 11 is 1.34. The molecule has 22 heavy (non-hydrogen) atoms. The second-order valence-electron chi connectivity index (χ2n) is 4.50. The van der Waals surface area contributed by atoms with Crippen LogP contribution in [0.25, 0.3) is 11.4 Å². The van der Waals surface area contributed by atoms with Gasteiger partial charge < -0.3 is 0 Å². The van der Waals surface area contributed by atoms with Gasteiger partial charge in [0.15, 0.2) is 0 Å². The zero-order valence-corrected chi connectivity index (χ0v) is 12.2. The SMILES string of the molecule is Fc1ccc(CSc2ccc(-c3ccccn3)nn2)c(F)c1. The van der Waals surface area contributed by atoms with Gasteiger partial charge in [-0.05, 0) is 35.9 Å². The molecule has 0 unspecified atom stereocenters. The van der Waals surface area contributed by atoms with Crippen molar-refractivity contribution in [3.63, 3.8) is 0 Å². The minimum absolute atomic E-state index is 0.365. The van der Waals surface area contributed by atoms with Gasteiger partial charge in [0.05, 0.1) is 5.69 Å². The molecule has 3 rings (SSSR count). The molecule has 3 nitrogen and oxygen atoms in total. The molecule has 110 valence electrons. The molecule has 0 aliphatic carbocycles. The lowest BCUT2D eigenvalue weighted by Gasteiger charge is -2.03. The van der Waals surface area contributed by atoms with Crippen LogP contribution in [0.15, 0.2) is 59.8 Å². The lowest BCUT2D eigenvalue weighted by atomic mass is 10.2. The van der Waals surface area contributed by atoms with Gasteiger partial charge in [-0.1, -0.05) is 23.9 Å². The van der Waals surface area contributed by atoms with Crippen LogP contribution in [0.5, 0.6) is 0 Å². The second kappa shape index (κ2) is 6.62. The zero-order chi connectivity index (χ0) is 15.4. The third kappa shape index (κ3) is 3.46. The summed E-state index contributed by atoms with van der Waals surface area (Å²) in [6.07, 6.45) is 1.69. The minimum Gasteiger partial charge on any atom is -0.255 e. The number of nitrogens with zero attached hydrogens (tertiary/aromatic N) is 3. The van der Waals surface area contributed by atoms with Crippen LogP contribution in [0.2, 0.25) is 0 Å². The maximum Gasteiger partial charge on any atom is 0.130 e. The van der Waals surface area contributed by atoms with Crippen molar-refractivity contribution in [3.05, 3.63) is 71.9 Å². The Hall–Kier alpha value is -2.34. The Morgan fingerprint density at radius 3 is 2.50 bits per heavy atom. The number of thioether (sulfide) groups is 1. The van der Waals surface area contributed by atoms with Gasteiger partial charge in [-0.25, -0.2) is 8.78 Å². The molecule has 1 aromatic carbocycles. The van der Waals surface area contributed by atoms with E-state index in [0.29, 0.717) is 22.0 Å². The quantitative estimate of drug-likeness (QED) is 0.679. The highest BCUT2D eigenvalue weighted by Crippen LogP contribution is 2.23. The van der Waals surface area contributed by atoms with Crippen LogP contribution < -0.4 is 0 Å². The fraction of sp³-hybridized carbons (Fsp3) is 0.0625. The summed E-state index contributed by atoms with van der Waals surface area (Å²) in [6, 6.07) is 12.8. The van der Waals surface area contributed by atoms with Gasteiger partial charge in [0.25, 0.3) is 0 Å². The minimum atomic E-state index is -0.578. The second-order valence-corrected chi connectivity index (χ2v) is 5.49. The van der Waals surface area contributed by atoms with Crippen molar-refractivity contribution in [2.45, 2.75) is 10.8 Å². The van der Waals surface area contributed by atoms with E-state index in [9.17, 15) is 8.78 Å². The average Bonchev–Trinajstić information content (AvgIpc) is 2.55. The van der Waals surface area contributed by atoms with E-state index in [1.54, 1.807) is 6.20 Å². The van der Waals surface area contributed by atoms with E-state index >= 15 is 0 Å². The largest absolute Gasteiger partial charge is 0.255 e. The molecule has 0 spiro atoms. The van der Waals surface area contributed by atoms with Crippen molar-refractivity contribution >= 4 is 11.8 Å². The highest BCUT2D eigenvalue weighted by atomic mass is 32.2. The number of aromatic nitrogens is 3. The number of benzene rings is 1. The van der Waals surface area contributed by atoms with Crippen molar-refractivity contribution in [1.82, 2.24) is 15.2 Å². The van der Waals surface area contributed by atoms with Crippen LogP contribution in [0.3, 0.4) is 0 Å². The zero-order valence-electron chi connectivity index (χ0n) is 11.4. The van der Waals surface area contributed by atoms with Crippen LogP contribution in [0.4, 0.5) is 8.78 Å². The molecular weight excluding hydrogens is 304 g/mol. The predicted octanol–water partition coefficient (Wildman–Crippen LogP) is 4.11. The first-order valence-electron chi connectivity index (χ1n) is 6.54. The fourth-order valence-corrected chi connectivity index (χ4v) is 2.64. The molecule has 6 heteroatoms. The Kier molecular flexibility index (Phi) is 4.39. The first kappa shape index (κ1) is 14.6. The van der Waals surface area contributed by atoms with Crippen molar-refractivity contribution in [2.75, 3.05) is 0 Å². The topological polar surface area (TPSA) is 38.7 Å². The maximum absolute atomic E-state index is 13.5. The monoisotopic (exact) mass is 315 g/mol. The van der Waals surface area contributed by atoms with Gasteiger partial charge in [0.1, 0.15) is 22.4 Å². The summed E-state index contributed by atoms with van der Waals surface area (Å²) in [5.41, 5.74) is 1.86. The maximum atomic E-state index is 13.5. The molecular formula is C16H11F2N3S. The van der Waals surface area contributed by atoms with Crippen LogP contribution in [-0.4, -0.2) is 15.2 Å². The van der Waals surface area contributed by atoms with Gasteiger partial charge in [-0.3, -0.25) is 4.98 Å². The molecule has 0 fully saturated rings. The van der Waals surface area contributed by atoms with E-state index in [-0.39, 0.29) is 0 Å². The van der Waals surface area contributed by atoms with Crippen LogP contribution in [0.1, 0.15) is 5.56 Å². The van der Waals surface area contributed by atoms with Crippen LogP contribution in [-0.2, 0) is 5.75 Å². The van der Waals surface area contributed by atoms with Crippen molar-refractivity contribution in [2.24, 2.45) is 0 Å². The Labute approximate surface area is 130 Å². The number of hydrogen-bond donors (Lipinski definition) is 0. The fourth-order valence-electron chi connectivity index (χ4n) is 1.84. The summed E-state index contributed by atoms with van der Waals surface area (Å²) in [4.78, 5) is 4.20. The molecule has 0 amide bonds. The van der Waals surface area contributed by atoms with E-state index in [2.05, 4.69) is 15.2 Å². The van der Waals surface area contributed by atoms with E-state index < -0.39 is 11.6 Å². The van der Waals surface area contributed by atoms with E-state index in [1.807, 2.05) is 30.3 Å². The average molecular weight is 315 g/mol. The summed E-state index contributed by atoms with van der Waals surface area (Å²) in [5.74, 6) is -0.764. The Balaban J connectivity index is 1.69. The van der Waals surface area contributed by atoms with Gasteiger partial charge in [0, 0.05) is 18.0 Å². The molecule has 0 N–H and O–H groups in total. The summed E-state index contributed by atoms with van der Waals surface area (Å²) in [5, 5.41) is 8.87. The molecule has 0 radical (unpaired) electrons. The van der Waals surface area contributed by atoms with E-state index in [0.717, 1.165) is 11.8 Å². The first-order valence-corrected chi connectivity index (χ1v) is 7.53. The first-order chi connectivity index (χ1) is 10.7. The normalized spacial score (nSPS) is 10.6. The number of hydrogen-bond acceptors (Lipinski definition) is 4. The molecule has 0 saturated carbocycles. The number of pyridine rings is 1. The molecule has 0 aliphatic rings. The molecule has 0 atom stereocenters. The summed E-state index contributed by atoms with van der Waals surface area (Å²) in [7, 11) is 0. The van der Waals surface area contributed by atoms with Gasteiger partial charge >= 0.3 is 0 Å². The summed E-state index contributed by atoms with van der Waals surface area (Å²) < 4.78 is 26.4. The lowest BCUT2D eigenvalue weighted by Crippen LogP contribution is -1.93. The molecule has 3 aromatic rings. The Morgan fingerprint density at radius 1 is 0.909 bits per heavy atom. The third-order valence-corrected chi connectivity index (χ3v) is 3.93. The third-order valence-electron chi connectivity index (χ3n) is 2.96. The highest BCUT2D eigenvalue weighted by molar-refractivity contribution is 7.98. The molecule has 0 bridgehead atoms. The molecule has 2 heterocycles. The van der Waals surface area contributed by atoms with Crippen molar-refractivity contribution < 1.29 is 8.78 Å². The molecule has 2 aromatic heterocycles. The van der Waals surface area contributed by atoms with Gasteiger partial charge in [-0.2, -0.15) is 0 Å². The van der Waals surface area contributed by atoms with Crippen LogP contribution >= 0.6 is 11.8 Å². The molecule has 0 aliphatic heterocycles. The van der Waals surface area contributed by atoms with Crippen molar-refractivity contribution in [3.8, 4) is 11.4 Å². The highest BCUT2D eigenvalue weighted by Gasteiger charge is 2.06. The number of halogens is 2. The standard InChI is InChI=1S/C16H11F2N3S/c17-12-5-4-11(13(18)9-12)10-22-16-7-6-15(20-21-16)14-3-1-2-8-19-14/h1-9H,10H2. The van der Waals surface area contributed by atoms with E-state index in [1.165, 1.54) is 23.9 Å². The smallest absolute Gasteiger partial charge is 0.130 e. The Bertz CT molecular complexity index is 764.